The van der Waals surface area contributed by atoms with Crippen molar-refractivity contribution in [2.24, 2.45) is 12.1 Å². The number of hydrogen-bond acceptors (Lipinski definition) is 8. The van der Waals surface area contributed by atoms with Gasteiger partial charge in [0.05, 0.1) is 38.3 Å². The molecule has 1 aromatic heterocycles. The predicted octanol–water partition coefficient (Wildman–Crippen LogP) is 4.99. The van der Waals surface area contributed by atoms with Gasteiger partial charge in [0, 0.05) is 29.1 Å². The second kappa shape index (κ2) is 13.2. The van der Waals surface area contributed by atoms with Crippen LogP contribution in [0.4, 0.5) is 0 Å². The van der Waals surface area contributed by atoms with Crippen LogP contribution in [0, 0.1) is 0 Å². The number of carbonyl (C=O) groups is 2. The lowest BCUT2D eigenvalue weighted by Crippen LogP contribution is -2.29. The number of hydrogen-bond donors (Lipinski definition) is 1. The summed E-state index contributed by atoms with van der Waals surface area (Å²) in [6, 6.07) is 22.1. The minimum Gasteiger partial charge on any atom is -0.493 e. The van der Waals surface area contributed by atoms with Gasteiger partial charge in [-0.15, -0.1) is 10.2 Å². The van der Waals surface area contributed by atoms with E-state index in [2.05, 4.69) is 31.4 Å². The van der Waals surface area contributed by atoms with Crippen LogP contribution >= 0.6 is 27.7 Å². The normalized spacial score (nSPS) is 14.4. The first-order valence-corrected chi connectivity index (χ1v) is 14.9. The van der Waals surface area contributed by atoms with Crippen molar-refractivity contribution in [2.45, 2.75) is 24.2 Å². The number of benzene rings is 3. The average Bonchev–Trinajstić information content (AvgIpc) is 3.62. The molecule has 2 amide bonds. The van der Waals surface area contributed by atoms with E-state index in [1.807, 2.05) is 60.7 Å². The zero-order valence-corrected chi connectivity index (χ0v) is 25.7. The Morgan fingerprint density at radius 3 is 2.48 bits per heavy atom. The summed E-state index contributed by atoms with van der Waals surface area (Å²) >= 11 is 4.74. The summed E-state index contributed by atoms with van der Waals surface area (Å²) in [6.07, 6.45) is 0.511. The molecule has 0 spiro atoms. The van der Waals surface area contributed by atoms with E-state index < -0.39 is 0 Å². The second-order valence-corrected chi connectivity index (χ2v) is 11.2. The standard InChI is InChI=1S/C30H29BrN6O4S/c1-36-26(17-32-29(39)20-8-5-4-6-9-20)33-34-30(36)42-18-27(38)37-24(22-10-7-11-25(40-2)28(22)41-3)16-23(35-37)19-12-14-21(31)15-13-19/h4-15,24H,16-18H2,1-3H3,(H,32,39)/t24-/m0/s1. The number of carbonyl (C=O) groups excluding carboxylic acids is 2. The molecule has 5 rings (SSSR count). The second-order valence-electron chi connectivity index (χ2n) is 9.39. The van der Waals surface area contributed by atoms with E-state index in [9.17, 15) is 9.59 Å². The van der Waals surface area contributed by atoms with Gasteiger partial charge in [-0.05, 0) is 35.9 Å². The van der Waals surface area contributed by atoms with Gasteiger partial charge in [-0.2, -0.15) is 5.10 Å². The van der Waals surface area contributed by atoms with Gasteiger partial charge >= 0.3 is 0 Å². The van der Waals surface area contributed by atoms with Gasteiger partial charge < -0.3 is 19.4 Å². The molecule has 0 aliphatic carbocycles. The molecular formula is C30H29BrN6O4S. The van der Waals surface area contributed by atoms with E-state index in [0.717, 1.165) is 21.3 Å². The first-order valence-electron chi connectivity index (χ1n) is 13.1. The van der Waals surface area contributed by atoms with Crippen molar-refractivity contribution in [1.82, 2.24) is 25.1 Å². The smallest absolute Gasteiger partial charge is 0.253 e. The van der Waals surface area contributed by atoms with Crippen LogP contribution in [0.15, 0.2) is 87.5 Å². The number of halogens is 1. The molecule has 2 heterocycles. The summed E-state index contributed by atoms with van der Waals surface area (Å²) in [5.41, 5.74) is 3.10. The minimum absolute atomic E-state index is 0.0856. The highest BCUT2D eigenvalue weighted by Crippen LogP contribution is 2.42. The molecule has 42 heavy (non-hydrogen) atoms. The van der Waals surface area contributed by atoms with Crippen LogP contribution in [0.25, 0.3) is 0 Å². The summed E-state index contributed by atoms with van der Waals surface area (Å²) < 4.78 is 14.0. The highest BCUT2D eigenvalue weighted by atomic mass is 79.9. The zero-order chi connectivity index (χ0) is 29.6. The van der Waals surface area contributed by atoms with Crippen molar-refractivity contribution in [1.29, 1.82) is 0 Å². The molecule has 1 N–H and O–H groups in total. The van der Waals surface area contributed by atoms with Crippen molar-refractivity contribution < 1.29 is 19.1 Å². The molecule has 0 saturated heterocycles. The lowest BCUT2D eigenvalue weighted by Gasteiger charge is -2.24. The molecule has 0 fully saturated rings. The summed E-state index contributed by atoms with van der Waals surface area (Å²) in [6.45, 7) is 0.205. The van der Waals surface area contributed by atoms with Crippen LogP contribution < -0.4 is 14.8 Å². The average molecular weight is 650 g/mol. The quantitative estimate of drug-likeness (QED) is 0.241. The molecule has 1 aliphatic rings. The first kappa shape index (κ1) is 29.3. The topological polar surface area (TPSA) is 111 Å². The lowest BCUT2D eigenvalue weighted by molar-refractivity contribution is -0.130. The Labute approximate surface area is 256 Å². The Morgan fingerprint density at radius 2 is 1.76 bits per heavy atom. The Bertz CT molecular complexity index is 1610. The zero-order valence-electron chi connectivity index (χ0n) is 23.3. The molecule has 216 valence electrons. The van der Waals surface area contributed by atoms with Crippen molar-refractivity contribution >= 4 is 45.2 Å². The van der Waals surface area contributed by atoms with E-state index in [-0.39, 0.29) is 30.2 Å². The monoisotopic (exact) mass is 648 g/mol. The number of hydrazone groups is 1. The predicted molar refractivity (Wildman–Crippen MR) is 164 cm³/mol. The molecule has 10 nitrogen and oxygen atoms in total. The van der Waals surface area contributed by atoms with E-state index in [1.165, 1.54) is 16.8 Å². The molecule has 1 atom stereocenters. The highest BCUT2D eigenvalue weighted by Gasteiger charge is 2.35. The largest absolute Gasteiger partial charge is 0.493 e. The van der Waals surface area contributed by atoms with Crippen molar-refractivity contribution in [3.8, 4) is 11.5 Å². The third kappa shape index (κ3) is 6.34. The first-order chi connectivity index (χ1) is 20.4. The number of para-hydroxylation sites is 1. The highest BCUT2D eigenvalue weighted by molar-refractivity contribution is 9.10. The van der Waals surface area contributed by atoms with Crippen LogP contribution in [0.2, 0.25) is 0 Å². The molecule has 0 saturated carbocycles. The van der Waals surface area contributed by atoms with Gasteiger partial charge in [0.1, 0.15) is 0 Å². The molecular weight excluding hydrogens is 620 g/mol. The van der Waals surface area contributed by atoms with Gasteiger partial charge in [0.2, 0.25) is 0 Å². The fourth-order valence-corrected chi connectivity index (χ4v) is 5.69. The lowest BCUT2D eigenvalue weighted by atomic mass is 9.97. The fourth-order valence-electron chi connectivity index (χ4n) is 4.64. The van der Waals surface area contributed by atoms with Crippen LogP contribution in [-0.4, -0.2) is 57.3 Å². The van der Waals surface area contributed by atoms with Crippen molar-refractivity contribution in [2.75, 3.05) is 20.0 Å². The summed E-state index contributed by atoms with van der Waals surface area (Å²) in [7, 11) is 4.98. The van der Waals surface area contributed by atoms with E-state index in [4.69, 9.17) is 14.6 Å². The van der Waals surface area contributed by atoms with Gasteiger partial charge in [-0.25, -0.2) is 5.01 Å². The minimum atomic E-state index is -0.384. The van der Waals surface area contributed by atoms with Crippen LogP contribution in [0.3, 0.4) is 0 Å². The summed E-state index contributed by atoms with van der Waals surface area (Å²) in [5, 5.41) is 18.2. The van der Waals surface area contributed by atoms with Gasteiger partial charge in [-0.3, -0.25) is 9.59 Å². The van der Waals surface area contributed by atoms with Crippen molar-refractivity contribution in [3.63, 3.8) is 0 Å². The SMILES string of the molecule is COc1cccc([C@@H]2CC(c3ccc(Br)cc3)=NN2C(=O)CSc2nnc(CNC(=O)c3ccccc3)n2C)c1OC. The molecule has 0 bridgehead atoms. The van der Waals surface area contributed by atoms with Crippen LogP contribution in [0.5, 0.6) is 11.5 Å². The summed E-state index contributed by atoms with van der Waals surface area (Å²) in [4.78, 5) is 26.1. The number of amides is 2. The van der Waals surface area contributed by atoms with E-state index in [0.29, 0.717) is 34.5 Å². The maximum atomic E-state index is 13.7. The molecule has 0 radical (unpaired) electrons. The number of ether oxygens (including phenoxy) is 2. The van der Waals surface area contributed by atoms with Gasteiger partial charge in [-0.1, -0.05) is 70.2 Å². The fraction of sp³-hybridized carbons (Fsp3) is 0.233. The maximum absolute atomic E-state index is 13.7. The van der Waals surface area contributed by atoms with Gasteiger partial charge in [0.25, 0.3) is 11.8 Å². The molecule has 3 aromatic carbocycles. The summed E-state index contributed by atoms with van der Waals surface area (Å²) in [5.74, 6) is 1.42. The number of nitrogens with zero attached hydrogens (tertiary/aromatic N) is 5. The Morgan fingerprint density at radius 1 is 1.00 bits per heavy atom. The maximum Gasteiger partial charge on any atom is 0.253 e. The van der Waals surface area contributed by atoms with Crippen LogP contribution in [0.1, 0.15) is 39.8 Å². The number of methoxy groups -OCH3 is 2. The number of thioether (sulfide) groups is 1. The number of aromatic nitrogens is 3. The van der Waals surface area contributed by atoms with Crippen LogP contribution in [-0.2, 0) is 18.4 Å². The Balaban J connectivity index is 1.33. The number of nitrogens with one attached hydrogen (secondary N) is 1. The molecule has 1 aliphatic heterocycles. The van der Waals surface area contributed by atoms with Crippen molar-refractivity contribution in [3.05, 3.63) is 99.8 Å². The number of rotatable bonds is 10. The third-order valence-corrected chi connectivity index (χ3v) is 8.36. The Hall–Kier alpha value is -4.16. The molecule has 0 unspecified atom stereocenters. The third-order valence-electron chi connectivity index (χ3n) is 6.83. The molecule has 4 aromatic rings. The van der Waals surface area contributed by atoms with E-state index >= 15 is 0 Å². The molecule has 12 heteroatoms. The Kier molecular flexibility index (Phi) is 9.23. The van der Waals surface area contributed by atoms with E-state index in [1.54, 1.807) is 38.0 Å². The van der Waals surface area contributed by atoms with Gasteiger partial charge in [0.15, 0.2) is 22.5 Å².